The van der Waals surface area contributed by atoms with Crippen molar-refractivity contribution in [1.82, 2.24) is 0 Å². The van der Waals surface area contributed by atoms with Gasteiger partial charge in [-0.1, -0.05) is 0 Å². The highest BCUT2D eigenvalue weighted by atomic mass is 16.7. The minimum absolute atomic E-state index is 0.192. The van der Waals surface area contributed by atoms with Gasteiger partial charge in [0.1, 0.15) is 31.8 Å². The monoisotopic (exact) mass is 184 g/mol. The minimum atomic E-state index is -0.192. The maximum Gasteiger partial charge on any atom is 0.271 e. The van der Waals surface area contributed by atoms with Gasteiger partial charge in [0.25, 0.3) is 11.9 Å². The van der Waals surface area contributed by atoms with E-state index in [4.69, 9.17) is 18.9 Å². The van der Waals surface area contributed by atoms with Crippen LogP contribution in [0.2, 0.25) is 0 Å². The average molecular weight is 184 g/mol. The molecule has 2 saturated heterocycles. The van der Waals surface area contributed by atoms with E-state index in [1.165, 1.54) is 0 Å². The lowest BCUT2D eigenvalue weighted by Crippen LogP contribution is -2.46. The SMILES string of the molecule is C=C1OCC2(CO1)COC(=C)OC2. The average Bonchev–Trinajstić information content (AvgIpc) is 2.16. The van der Waals surface area contributed by atoms with Crippen molar-refractivity contribution in [2.45, 2.75) is 0 Å². The summed E-state index contributed by atoms with van der Waals surface area (Å²) < 4.78 is 20.8. The number of rotatable bonds is 0. The molecule has 0 aromatic heterocycles. The Balaban J connectivity index is 1.98. The van der Waals surface area contributed by atoms with Gasteiger partial charge in [-0.05, 0) is 13.2 Å². The fraction of sp³-hybridized carbons (Fsp3) is 0.556. The van der Waals surface area contributed by atoms with E-state index in [0.717, 1.165) is 0 Å². The second-order valence-electron chi connectivity index (χ2n) is 3.40. The second-order valence-corrected chi connectivity index (χ2v) is 3.40. The standard InChI is InChI=1S/C9H12O4/c1-7-10-3-9(4-11-7)5-12-8(2)13-6-9/h1-6H2. The Kier molecular flexibility index (Phi) is 1.83. The highest BCUT2D eigenvalue weighted by molar-refractivity contribution is 4.91. The molecule has 2 rings (SSSR count). The fourth-order valence-corrected chi connectivity index (χ4v) is 1.27. The Hall–Kier alpha value is -1.32. The van der Waals surface area contributed by atoms with E-state index in [-0.39, 0.29) is 5.41 Å². The van der Waals surface area contributed by atoms with Crippen molar-refractivity contribution < 1.29 is 18.9 Å². The second kappa shape index (κ2) is 2.87. The molecule has 13 heavy (non-hydrogen) atoms. The van der Waals surface area contributed by atoms with Gasteiger partial charge < -0.3 is 18.9 Å². The Bertz CT molecular complexity index is 196. The van der Waals surface area contributed by atoms with Crippen LogP contribution in [0.1, 0.15) is 0 Å². The molecule has 0 unspecified atom stereocenters. The van der Waals surface area contributed by atoms with Crippen LogP contribution in [0.3, 0.4) is 0 Å². The molecule has 1 spiro atoms. The van der Waals surface area contributed by atoms with Crippen molar-refractivity contribution in [1.29, 1.82) is 0 Å². The van der Waals surface area contributed by atoms with Crippen LogP contribution in [0.5, 0.6) is 0 Å². The summed E-state index contributed by atoms with van der Waals surface area (Å²) in [5, 5.41) is 0. The molecular formula is C9H12O4. The van der Waals surface area contributed by atoms with E-state index >= 15 is 0 Å². The first-order valence-corrected chi connectivity index (χ1v) is 4.09. The van der Waals surface area contributed by atoms with Crippen LogP contribution in [-0.2, 0) is 18.9 Å². The summed E-state index contributed by atoms with van der Waals surface area (Å²) in [5.41, 5.74) is -0.192. The normalized spacial score (nSPS) is 25.5. The van der Waals surface area contributed by atoms with Crippen LogP contribution in [-0.4, -0.2) is 26.4 Å². The molecule has 4 nitrogen and oxygen atoms in total. The third-order valence-electron chi connectivity index (χ3n) is 2.16. The zero-order valence-corrected chi connectivity index (χ0v) is 7.38. The van der Waals surface area contributed by atoms with Crippen LogP contribution in [0.15, 0.2) is 25.0 Å². The zero-order valence-electron chi connectivity index (χ0n) is 7.38. The van der Waals surface area contributed by atoms with Crippen molar-refractivity contribution in [3.63, 3.8) is 0 Å². The predicted molar refractivity (Wildman–Crippen MR) is 44.5 cm³/mol. The molecule has 2 fully saturated rings. The first-order valence-electron chi connectivity index (χ1n) is 4.09. The van der Waals surface area contributed by atoms with Crippen molar-refractivity contribution >= 4 is 0 Å². The Morgan fingerprint density at radius 2 is 1.08 bits per heavy atom. The topological polar surface area (TPSA) is 36.9 Å². The van der Waals surface area contributed by atoms with Crippen molar-refractivity contribution in [2.75, 3.05) is 26.4 Å². The van der Waals surface area contributed by atoms with E-state index in [0.29, 0.717) is 38.3 Å². The molecule has 4 heteroatoms. The molecule has 0 radical (unpaired) electrons. The number of hydrogen-bond donors (Lipinski definition) is 0. The van der Waals surface area contributed by atoms with Crippen LogP contribution >= 0.6 is 0 Å². The van der Waals surface area contributed by atoms with Gasteiger partial charge >= 0.3 is 0 Å². The van der Waals surface area contributed by atoms with Gasteiger partial charge in [0, 0.05) is 0 Å². The van der Waals surface area contributed by atoms with Crippen LogP contribution < -0.4 is 0 Å². The van der Waals surface area contributed by atoms with E-state index in [9.17, 15) is 0 Å². The van der Waals surface area contributed by atoms with Gasteiger partial charge in [0.15, 0.2) is 0 Å². The van der Waals surface area contributed by atoms with Gasteiger partial charge in [-0.25, -0.2) is 0 Å². The van der Waals surface area contributed by atoms with Gasteiger partial charge in [0.05, 0.1) is 0 Å². The molecule has 0 atom stereocenters. The summed E-state index contributed by atoms with van der Waals surface area (Å²) in [6, 6.07) is 0. The summed E-state index contributed by atoms with van der Waals surface area (Å²) >= 11 is 0. The summed E-state index contributed by atoms with van der Waals surface area (Å²) in [7, 11) is 0. The smallest absolute Gasteiger partial charge is 0.271 e. The van der Waals surface area contributed by atoms with Crippen LogP contribution in [0, 0.1) is 5.41 Å². The third kappa shape index (κ3) is 1.56. The molecule has 0 N–H and O–H groups in total. The fourth-order valence-electron chi connectivity index (χ4n) is 1.27. The summed E-state index contributed by atoms with van der Waals surface area (Å²) in [6.07, 6.45) is 0. The molecule has 0 aromatic rings. The molecule has 72 valence electrons. The van der Waals surface area contributed by atoms with E-state index < -0.39 is 0 Å². The van der Waals surface area contributed by atoms with Crippen molar-refractivity contribution in [2.24, 2.45) is 5.41 Å². The van der Waals surface area contributed by atoms with Crippen molar-refractivity contribution in [3.8, 4) is 0 Å². The Labute approximate surface area is 76.7 Å². The predicted octanol–water partition coefficient (Wildman–Crippen LogP) is 1.01. The largest absolute Gasteiger partial charge is 0.465 e. The molecule has 0 aliphatic carbocycles. The molecule has 0 aromatic carbocycles. The lowest BCUT2D eigenvalue weighted by atomic mass is 9.91. The van der Waals surface area contributed by atoms with E-state index in [2.05, 4.69) is 13.2 Å². The first kappa shape index (κ1) is 8.29. The number of ether oxygens (including phenoxy) is 4. The van der Waals surface area contributed by atoms with E-state index in [1.54, 1.807) is 0 Å². The molecular weight excluding hydrogens is 172 g/mol. The van der Waals surface area contributed by atoms with Crippen LogP contribution in [0.25, 0.3) is 0 Å². The summed E-state index contributed by atoms with van der Waals surface area (Å²) in [4.78, 5) is 0. The maximum absolute atomic E-state index is 5.20. The summed E-state index contributed by atoms with van der Waals surface area (Å²) in [6.45, 7) is 9.23. The molecule has 0 bridgehead atoms. The van der Waals surface area contributed by atoms with Crippen LogP contribution in [0.4, 0.5) is 0 Å². The third-order valence-corrected chi connectivity index (χ3v) is 2.16. The molecule has 2 aliphatic heterocycles. The lowest BCUT2D eigenvalue weighted by Gasteiger charge is -2.39. The Morgan fingerprint density at radius 3 is 1.38 bits per heavy atom. The zero-order chi connectivity index (χ0) is 9.31. The molecule has 0 saturated carbocycles. The molecule has 0 amide bonds. The summed E-state index contributed by atoms with van der Waals surface area (Å²) in [5.74, 6) is 0.741. The quantitative estimate of drug-likeness (QED) is 0.563. The van der Waals surface area contributed by atoms with Crippen molar-refractivity contribution in [3.05, 3.63) is 25.0 Å². The maximum atomic E-state index is 5.20. The molecule has 2 heterocycles. The Morgan fingerprint density at radius 1 is 0.769 bits per heavy atom. The van der Waals surface area contributed by atoms with E-state index in [1.807, 2.05) is 0 Å². The lowest BCUT2D eigenvalue weighted by molar-refractivity contribution is -0.184. The number of hydrogen-bond acceptors (Lipinski definition) is 4. The van der Waals surface area contributed by atoms with Gasteiger partial charge in [0.2, 0.25) is 0 Å². The van der Waals surface area contributed by atoms with Gasteiger partial charge in [-0.2, -0.15) is 0 Å². The highest BCUT2D eigenvalue weighted by Gasteiger charge is 2.41. The minimum Gasteiger partial charge on any atom is -0.465 e. The van der Waals surface area contributed by atoms with Gasteiger partial charge in [-0.3, -0.25) is 0 Å². The highest BCUT2D eigenvalue weighted by Crippen LogP contribution is 2.30. The first-order chi connectivity index (χ1) is 6.20. The van der Waals surface area contributed by atoms with Gasteiger partial charge in [-0.15, -0.1) is 0 Å². The molecule has 2 aliphatic rings.